The predicted molar refractivity (Wildman–Crippen MR) is 524 cm³/mol. The Morgan fingerprint density at radius 2 is 0.243 bits per heavy atom. The fraction of sp³-hybridized carbons (Fsp3) is 0. The molecule has 0 aliphatic carbocycles. The van der Waals surface area contributed by atoms with Crippen LogP contribution in [0.25, 0.3) is 0 Å². The highest BCUT2D eigenvalue weighted by molar-refractivity contribution is 14.2. The smallest absolute Gasteiger partial charge is 0.0381 e. The van der Waals surface area contributed by atoms with Gasteiger partial charge in [0.1, 0.15) is 0 Å². The highest BCUT2D eigenvalue weighted by Gasteiger charge is 2.48. The summed E-state index contributed by atoms with van der Waals surface area (Å²) in [5.74, 6) is 0. The zero-order valence-corrected chi connectivity index (χ0v) is 87.2. The molecule has 0 spiro atoms. The van der Waals surface area contributed by atoms with E-state index in [1.807, 2.05) is 0 Å². The summed E-state index contributed by atoms with van der Waals surface area (Å²) in [7, 11) is -1.97. The Morgan fingerprint density at radius 3 is 0.329 bits per heavy atom. The van der Waals surface area contributed by atoms with Crippen molar-refractivity contribution < 1.29 is 0 Å². The third-order valence-electron chi connectivity index (χ3n) is 5.43. The molecule has 0 amide bonds. The molecule has 0 radical (unpaired) electrons. The summed E-state index contributed by atoms with van der Waals surface area (Å²) >= 11 is 275. The summed E-state index contributed by atoms with van der Waals surface area (Å²) in [5.41, 5.74) is 0. The largest absolute Gasteiger partial charge is 0.0451 e. The van der Waals surface area contributed by atoms with Gasteiger partial charge in [0.2, 0.25) is 0 Å². The highest BCUT2D eigenvalue weighted by Crippen LogP contribution is 2.44. The summed E-state index contributed by atoms with van der Waals surface area (Å²) < 4.78 is -2.71. The van der Waals surface area contributed by atoms with E-state index in [9.17, 15) is 0 Å². The van der Waals surface area contributed by atoms with Crippen LogP contribution in [0.15, 0.2) is 0 Å². The lowest BCUT2D eigenvalue weighted by atomic mass is 29.7. The van der Waals surface area contributed by atoms with Crippen molar-refractivity contribution in [3.8, 4) is 0 Å². The molecule has 0 aromatic heterocycles. The molecule has 70 heteroatoms. The topological polar surface area (TPSA) is 0 Å². The molecule has 0 saturated heterocycles. The molecule has 0 saturated carbocycles. The molecule has 0 rings (SSSR count). The van der Waals surface area contributed by atoms with Crippen LogP contribution < -0.4 is 0 Å². The first kappa shape index (κ1) is 88.9. The van der Waals surface area contributed by atoms with Crippen molar-refractivity contribution in [1.82, 2.24) is 0 Å². The molecule has 0 aliphatic rings. The summed E-state index contributed by atoms with van der Waals surface area (Å²) in [4.78, 5) is 0. The summed E-state index contributed by atoms with van der Waals surface area (Å²) in [6.45, 7) is 0. The molecule has 0 N–H and O–H groups in total. The maximum atomic E-state index is 6.13. The Hall–Kier alpha value is 18.9. The monoisotopic (exact) mass is 2330 g/mol. The normalized spacial score (nSPS) is 16.8. The molecule has 0 atom stereocenters. The van der Waals surface area contributed by atoms with Crippen LogP contribution in [0, 0.1) is 0 Å². The molecule has 0 aromatic rings. The minimum absolute atomic E-state index is 1.75. The van der Waals surface area contributed by atoms with Crippen molar-refractivity contribution in [3.05, 3.63) is 0 Å². The van der Waals surface area contributed by atoms with E-state index in [0.717, 1.165) is 0 Å². The highest BCUT2D eigenvalue weighted by atomic mass is 127. The van der Waals surface area contributed by atoms with Crippen LogP contribution in [0.3, 0.4) is 0 Å². The Balaban J connectivity index is 8.62. The Bertz CT molecular complexity index is 5140. The van der Waals surface area contributed by atoms with Crippen LogP contribution in [-0.4, -0.2) is 0 Å². The lowest BCUT2D eigenvalue weighted by molar-refractivity contribution is 4.97. The molecule has 0 unspecified atom stereocenters. The second kappa shape index (κ2) is 28.0. The van der Waals surface area contributed by atoms with Gasteiger partial charge in [0.25, 0.3) is 0 Å². The quantitative estimate of drug-likeness (QED) is 0.0691. The van der Waals surface area contributed by atoms with Crippen LogP contribution in [0.5, 0.6) is 0 Å². The fourth-order valence-electron chi connectivity index (χ4n) is 2.12. The van der Waals surface area contributed by atoms with E-state index >= 15 is 0 Å². The molecule has 0 aliphatic heterocycles. The molecule has 0 nitrogen and oxygen atoms in total. The Morgan fingerprint density at radius 1 is 0.157 bits per heavy atom. The van der Waals surface area contributed by atoms with Crippen LogP contribution in [0.4, 0.5) is 0 Å². The molecular weight excluding hydrogens is 2340 g/mol. The van der Waals surface area contributed by atoms with Gasteiger partial charge >= 0.3 is 0 Å². The summed E-state index contributed by atoms with van der Waals surface area (Å²) in [5, 5.41) is -78.6. The summed E-state index contributed by atoms with van der Waals surface area (Å²) in [6.07, 6.45) is 0. The first-order valence-corrected chi connectivity index (χ1v) is 106. The Kier molecular flexibility index (Phi) is 35.6. The van der Waals surface area contributed by atoms with E-state index < -0.39 is 120 Å². The van der Waals surface area contributed by atoms with Gasteiger partial charge in [0.05, 0.1) is 0 Å². The van der Waals surface area contributed by atoms with Crippen molar-refractivity contribution in [3.63, 3.8) is 0 Å². The minimum atomic E-state index is -4.00. The average molecular weight is 2340 g/mol. The zero-order chi connectivity index (χ0) is 58.6. The number of halogens is 1. The lowest BCUT2D eigenvalue weighted by Gasteiger charge is -2.36. The van der Waals surface area contributed by atoms with E-state index in [4.69, 9.17) is 515 Å². The van der Waals surface area contributed by atoms with Crippen LogP contribution in [-0.2, 0) is 634 Å². The third-order valence-corrected chi connectivity index (χ3v) is 448. The second-order valence-corrected chi connectivity index (χ2v) is 255. The van der Waals surface area contributed by atoms with E-state index in [1.54, 1.807) is 21.2 Å². The first-order chi connectivity index (χ1) is 29.2. The lowest BCUT2D eigenvalue weighted by Crippen LogP contribution is -2.40. The van der Waals surface area contributed by atoms with E-state index in [2.05, 4.69) is 0 Å². The molecule has 0 fully saturated rings. The van der Waals surface area contributed by atoms with Gasteiger partial charge in [-0.05, 0) is 522 Å². The summed E-state index contributed by atoms with van der Waals surface area (Å²) in [6, 6.07) is 0. The van der Waals surface area contributed by atoms with Crippen molar-refractivity contribution in [2.75, 3.05) is 0 Å². The van der Waals surface area contributed by atoms with Gasteiger partial charge < -0.3 is 0 Å². The van der Waals surface area contributed by atoms with Crippen molar-refractivity contribution in [1.29, 1.82) is 0 Å². The predicted octanol–water partition coefficient (Wildman–Crippen LogP) is 0.452. The number of hydrogen-bond acceptors (Lipinski definition) is 46. The molecule has 0 bridgehead atoms. The Labute approximate surface area is 635 Å². The fourth-order valence-corrected chi connectivity index (χ4v) is 524. The SMILES string of the molecule is S=[SH](=S)S(=S)(=S)S(=S)(=S)S(=S)(=S)S(=S)(=S)S(=S)(=S)S(=S)(=S)S(=S)(=S)S(=S)(=S)S(=S)(=S)S(=S)(=S)S(=S)(=S)S(=S)(=S)S(=S)(=S)S(=S)(=S)S(=S)(=S)S(=S)(=S)S(=S)(=S)S(=S)(=S)S(=S)(=S)S(=S)(=S)S(=S)(=S)S(=S)(=S)I. The van der Waals surface area contributed by atoms with Gasteiger partial charge in [0.15, 0.2) is 0 Å². The van der Waals surface area contributed by atoms with Gasteiger partial charge in [-0.25, -0.2) is 0 Å². The second-order valence-electron chi connectivity index (χ2n) is 9.21. The van der Waals surface area contributed by atoms with Gasteiger partial charge in [-0.3, -0.25) is 0 Å². The van der Waals surface area contributed by atoms with Crippen LogP contribution in [0.2, 0.25) is 0 Å². The number of hydrogen-bond donors (Lipinski definition) is 1. The third kappa shape index (κ3) is 14.0. The average Bonchev–Trinajstić information content (AvgIpc) is 3.12. The van der Waals surface area contributed by atoms with Crippen LogP contribution in [0.1, 0.15) is 0 Å². The van der Waals surface area contributed by atoms with Gasteiger partial charge in [-0.15, -0.1) is 0 Å². The van der Waals surface area contributed by atoms with Crippen molar-refractivity contribution in [2.45, 2.75) is 0 Å². The van der Waals surface area contributed by atoms with Gasteiger partial charge in [-0.1, -0.05) is 0 Å². The van der Waals surface area contributed by atoms with E-state index in [1.165, 1.54) is 0 Å². The van der Waals surface area contributed by atoms with Crippen LogP contribution >= 0.6 is 21.2 Å². The molecule has 422 valence electrons. The van der Waals surface area contributed by atoms with E-state index in [-0.39, 0.29) is 0 Å². The minimum Gasteiger partial charge on any atom is -0.0381 e. The van der Waals surface area contributed by atoms with Crippen molar-refractivity contribution in [2.24, 2.45) is 0 Å². The molecular formula is HIS69. The molecule has 0 heterocycles. The van der Waals surface area contributed by atoms with Crippen molar-refractivity contribution >= 4 is 656 Å². The number of thiol groups is 1. The van der Waals surface area contributed by atoms with Gasteiger partial charge in [0, 0.05) is 134 Å². The maximum absolute atomic E-state index is 6.13. The zero-order valence-electron chi connectivity index (χ0n) is 28.6. The standard InChI is InChI=1S/HIS69/c1-49(4,5)51(8,9)53(12,13)55(16,17)57(20,21)59(24,25)61(28,29)63(32,33)65(36,37)67(40,41)69(44,45)70(46,47)68(42,43)66(38,39)64(34,35)62(30,31)60(26,27)58(22,23)56(18,19)54(14,15)52(10,11)50(6,7)48(2)3/h48H. The first-order valence-electron chi connectivity index (χ1n) is 11.5. The number of rotatable bonds is 22. The molecule has 70 heavy (non-hydrogen) atoms. The maximum Gasteiger partial charge on any atom is 0.0451 e. The molecule has 0 aromatic carbocycles. The van der Waals surface area contributed by atoms with E-state index in [0.29, 0.717) is 0 Å². The van der Waals surface area contributed by atoms with Gasteiger partial charge in [-0.2, -0.15) is 0 Å².